The van der Waals surface area contributed by atoms with Crippen molar-refractivity contribution in [1.29, 1.82) is 0 Å². The van der Waals surface area contributed by atoms with Gasteiger partial charge in [-0.25, -0.2) is 0 Å². The SMILES string of the molecule is Cc1ccccc1Cn1cc(NC(=O)CCn2cc(Br)c(C)n2)cn1. The summed E-state index contributed by atoms with van der Waals surface area (Å²) >= 11 is 3.42. The number of carbonyl (C=O) groups excluding carboxylic acids is 1. The molecular formula is C18H20BrN5O. The van der Waals surface area contributed by atoms with E-state index in [1.54, 1.807) is 10.9 Å². The van der Waals surface area contributed by atoms with E-state index >= 15 is 0 Å². The quantitative estimate of drug-likeness (QED) is 0.686. The average molecular weight is 402 g/mol. The van der Waals surface area contributed by atoms with Crippen molar-refractivity contribution < 1.29 is 4.79 Å². The molecule has 0 unspecified atom stereocenters. The molecule has 0 aliphatic heterocycles. The Morgan fingerprint density at radius 2 is 2.00 bits per heavy atom. The molecule has 0 spiro atoms. The minimum atomic E-state index is -0.0558. The van der Waals surface area contributed by atoms with Crippen molar-refractivity contribution in [3.63, 3.8) is 0 Å². The summed E-state index contributed by atoms with van der Waals surface area (Å²) < 4.78 is 4.54. The fourth-order valence-electron chi connectivity index (χ4n) is 2.52. The van der Waals surface area contributed by atoms with Crippen LogP contribution < -0.4 is 5.32 Å². The molecule has 25 heavy (non-hydrogen) atoms. The Morgan fingerprint density at radius 1 is 1.20 bits per heavy atom. The summed E-state index contributed by atoms with van der Waals surface area (Å²) in [5.74, 6) is -0.0558. The minimum absolute atomic E-state index is 0.0558. The van der Waals surface area contributed by atoms with Crippen molar-refractivity contribution in [2.75, 3.05) is 5.32 Å². The van der Waals surface area contributed by atoms with Crippen LogP contribution in [0.15, 0.2) is 47.3 Å². The highest BCUT2D eigenvalue weighted by atomic mass is 79.9. The molecule has 1 aromatic carbocycles. The van der Waals surface area contributed by atoms with E-state index in [-0.39, 0.29) is 5.91 Å². The average Bonchev–Trinajstić information content (AvgIpc) is 3.14. The number of halogens is 1. The highest BCUT2D eigenvalue weighted by Gasteiger charge is 2.08. The lowest BCUT2D eigenvalue weighted by molar-refractivity contribution is -0.116. The van der Waals surface area contributed by atoms with Gasteiger partial charge < -0.3 is 5.32 Å². The molecule has 2 heterocycles. The molecule has 1 N–H and O–H groups in total. The van der Waals surface area contributed by atoms with Gasteiger partial charge in [0, 0.05) is 25.4 Å². The van der Waals surface area contributed by atoms with Crippen LogP contribution in [-0.4, -0.2) is 25.5 Å². The maximum Gasteiger partial charge on any atom is 0.226 e. The first-order chi connectivity index (χ1) is 12.0. The number of aromatic nitrogens is 4. The number of amides is 1. The maximum absolute atomic E-state index is 12.1. The third kappa shape index (κ3) is 4.57. The van der Waals surface area contributed by atoms with Crippen LogP contribution in [0.3, 0.4) is 0 Å². The number of aryl methyl sites for hydroxylation is 3. The number of hydrogen-bond acceptors (Lipinski definition) is 3. The van der Waals surface area contributed by atoms with Crippen LogP contribution >= 0.6 is 15.9 Å². The lowest BCUT2D eigenvalue weighted by Crippen LogP contribution is -2.14. The van der Waals surface area contributed by atoms with Crippen LogP contribution in [0.25, 0.3) is 0 Å². The van der Waals surface area contributed by atoms with E-state index in [1.165, 1.54) is 11.1 Å². The molecule has 0 bridgehead atoms. The monoisotopic (exact) mass is 401 g/mol. The first-order valence-electron chi connectivity index (χ1n) is 8.07. The molecule has 0 radical (unpaired) electrons. The van der Waals surface area contributed by atoms with Gasteiger partial charge in [-0.15, -0.1) is 0 Å². The molecular weight excluding hydrogens is 382 g/mol. The van der Waals surface area contributed by atoms with Crippen molar-refractivity contribution in [2.45, 2.75) is 33.4 Å². The molecule has 7 heteroatoms. The van der Waals surface area contributed by atoms with Gasteiger partial charge in [-0.2, -0.15) is 10.2 Å². The molecule has 0 aliphatic rings. The van der Waals surface area contributed by atoms with Crippen LogP contribution in [0.4, 0.5) is 5.69 Å². The summed E-state index contributed by atoms with van der Waals surface area (Å²) in [5, 5.41) is 11.5. The van der Waals surface area contributed by atoms with Gasteiger partial charge in [0.15, 0.2) is 0 Å². The van der Waals surface area contributed by atoms with Gasteiger partial charge in [-0.1, -0.05) is 24.3 Å². The van der Waals surface area contributed by atoms with Crippen molar-refractivity contribution in [3.05, 3.63) is 64.1 Å². The summed E-state index contributed by atoms with van der Waals surface area (Å²) in [6, 6.07) is 8.20. The first kappa shape index (κ1) is 17.4. The summed E-state index contributed by atoms with van der Waals surface area (Å²) in [4.78, 5) is 12.1. The normalized spacial score (nSPS) is 10.8. The van der Waals surface area contributed by atoms with E-state index < -0.39 is 0 Å². The molecule has 1 amide bonds. The van der Waals surface area contributed by atoms with Gasteiger partial charge in [0.05, 0.1) is 28.6 Å². The summed E-state index contributed by atoms with van der Waals surface area (Å²) in [7, 11) is 0. The molecule has 130 valence electrons. The van der Waals surface area contributed by atoms with E-state index in [0.29, 0.717) is 25.2 Å². The summed E-state index contributed by atoms with van der Waals surface area (Å²) in [6.07, 6.45) is 5.75. The second-order valence-electron chi connectivity index (χ2n) is 5.98. The minimum Gasteiger partial charge on any atom is -0.323 e. The van der Waals surface area contributed by atoms with Gasteiger partial charge in [0.25, 0.3) is 0 Å². The highest BCUT2D eigenvalue weighted by Crippen LogP contribution is 2.14. The third-order valence-electron chi connectivity index (χ3n) is 3.97. The zero-order chi connectivity index (χ0) is 17.8. The van der Waals surface area contributed by atoms with Crippen LogP contribution in [0.1, 0.15) is 23.2 Å². The Bertz CT molecular complexity index is 864. The third-order valence-corrected chi connectivity index (χ3v) is 4.74. The number of nitrogens with zero attached hydrogens (tertiary/aromatic N) is 4. The molecule has 3 rings (SSSR count). The number of hydrogen-bond donors (Lipinski definition) is 1. The molecule has 2 aromatic heterocycles. The van der Waals surface area contributed by atoms with E-state index in [0.717, 1.165) is 10.2 Å². The van der Waals surface area contributed by atoms with Gasteiger partial charge in [0.1, 0.15) is 0 Å². The topological polar surface area (TPSA) is 64.7 Å². The maximum atomic E-state index is 12.1. The second-order valence-corrected chi connectivity index (χ2v) is 6.83. The van der Waals surface area contributed by atoms with Crippen LogP contribution in [0.5, 0.6) is 0 Å². The molecule has 0 aliphatic carbocycles. The van der Waals surface area contributed by atoms with E-state index in [1.807, 2.05) is 36.1 Å². The number of carbonyl (C=O) groups is 1. The largest absolute Gasteiger partial charge is 0.323 e. The van der Waals surface area contributed by atoms with E-state index in [9.17, 15) is 4.79 Å². The van der Waals surface area contributed by atoms with Gasteiger partial charge >= 0.3 is 0 Å². The predicted molar refractivity (Wildman–Crippen MR) is 100 cm³/mol. The van der Waals surface area contributed by atoms with Crippen molar-refractivity contribution in [1.82, 2.24) is 19.6 Å². The zero-order valence-electron chi connectivity index (χ0n) is 14.2. The molecule has 0 fully saturated rings. The van der Waals surface area contributed by atoms with Crippen LogP contribution in [0.2, 0.25) is 0 Å². The predicted octanol–water partition coefficient (Wildman–Crippen LogP) is 3.54. The van der Waals surface area contributed by atoms with Gasteiger partial charge in [-0.3, -0.25) is 14.2 Å². The standard InChI is InChI=1S/C18H20BrN5O/c1-13-5-3-4-6-15(13)10-24-11-16(9-20-24)21-18(25)7-8-23-12-17(19)14(2)22-23/h3-6,9,11-12H,7-8,10H2,1-2H3,(H,21,25). The molecule has 0 atom stereocenters. The van der Waals surface area contributed by atoms with E-state index in [2.05, 4.69) is 50.5 Å². The first-order valence-corrected chi connectivity index (χ1v) is 8.87. The highest BCUT2D eigenvalue weighted by molar-refractivity contribution is 9.10. The lowest BCUT2D eigenvalue weighted by atomic mass is 10.1. The molecule has 6 nitrogen and oxygen atoms in total. The Balaban J connectivity index is 1.54. The number of rotatable bonds is 6. The van der Waals surface area contributed by atoms with Crippen molar-refractivity contribution in [3.8, 4) is 0 Å². The lowest BCUT2D eigenvalue weighted by Gasteiger charge is -2.05. The molecule has 0 saturated heterocycles. The Hall–Kier alpha value is -2.41. The van der Waals surface area contributed by atoms with Crippen LogP contribution in [-0.2, 0) is 17.9 Å². The number of benzene rings is 1. The molecule has 0 saturated carbocycles. The summed E-state index contributed by atoms with van der Waals surface area (Å²) in [6.45, 7) is 5.22. The molecule has 3 aromatic rings. The Morgan fingerprint density at radius 3 is 2.72 bits per heavy atom. The van der Waals surface area contributed by atoms with Crippen molar-refractivity contribution in [2.24, 2.45) is 0 Å². The van der Waals surface area contributed by atoms with Crippen molar-refractivity contribution >= 4 is 27.5 Å². The smallest absolute Gasteiger partial charge is 0.226 e. The Kier molecular flexibility index (Phi) is 5.33. The fourth-order valence-corrected chi connectivity index (χ4v) is 2.84. The number of anilines is 1. The van der Waals surface area contributed by atoms with E-state index in [4.69, 9.17) is 0 Å². The number of nitrogens with one attached hydrogen (secondary N) is 1. The Labute approximate surface area is 155 Å². The second kappa shape index (κ2) is 7.65. The van der Waals surface area contributed by atoms with Gasteiger partial charge in [-0.05, 0) is 40.9 Å². The summed E-state index contributed by atoms with van der Waals surface area (Å²) in [5.41, 5.74) is 4.06. The van der Waals surface area contributed by atoms with Gasteiger partial charge in [0.2, 0.25) is 5.91 Å². The zero-order valence-corrected chi connectivity index (χ0v) is 15.8. The fraction of sp³-hybridized carbons (Fsp3) is 0.278. The van der Waals surface area contributed by atoms with Crippen LogP contribution in [0, 0.1) is 13.8 Å².